The third-order valence-corrected chi connectivity index (χ3v) is 5.51. The Kier molecular flexibility index (Phi) is 5.00. The number of aryl methyl sites for hydroxylation is 1. The second-order valence-electron chi connectivity index (χ2n) is 6.25. The van der Waals surface area contributed by atoms with E-state index in [0.717, 1.165) is 30.0 Å². The standard InChI is InChI=1S/C15H21N5O4S/c1-18-11-10(12(21)19(2)15(18)24)16-14(17-11)25-8-7-20-5-3-9(4-6-20)13(22)23/h9H,3-8H2,1-2H3,(H,16,17)(H,22,23). The van der Waals surface area contributed by atoms with Gasteiger partial charge in [-0.25, -0.2) is 9.78 Å². The van der Waals surface area contributed by atoms with Gasteiger partial charge in [0.1, 0.15) is 0 Å². The monoisotopic (exact) mass is 367 g/mol. The van der Waals surface area contributed by atoms with Crippen molar-refractivity contribution < 1.29 is 9.90 Å². The van der Waals surface area contributed by atoms with Gasteiger partial charge in [-0.3, -0.25) is 18.7 Å². The number of aromatic amines is 1. The van der Waals surface area contributed by atoms with Crippen LogP contribution >= 0.6 is 11.8 Å². The van der Waals surface area contributed by atoms with Crippen molar-refractivity contribution in [2.24, 2.45) is 20.0 Å². The summed E-state index contributed by atoms with van der Waals surface area (Å²) in [5, 5.41) is 9.62. The maximum atomic E-state index is 12.1. The average Bonchev–Trinajstić information content (AvgIpc) is 3.03. The molecule has 0 atom stereocenters. The number of carboxylic acids is 1. The summed E-state index contributed by atoms with van der Waals surface area (Å²) in [6, 6.07) is 0. The zero-order valence-corrected chi connectivity index (χ0v) is 15.0. The molecule has 2 aromatic rings. The molecule has 0 spiro atoms. The van der Waals surface area contributed by atoms with Crippen molar-refractivity contribution >= 4 is 28.9 Å². The molecule has 1 aliphatic heterocycles. The van der Waals surface area contributed by atoms with E-state index in [-0.39, 0.29) is 11.5 Å². The fourth-order valence-corrected chi connectivity index (χ4v) is 3.92. The van der Waals surface area contributed by atoms with Crippen LogP contribution in [0.3, 0.4) is 0 Å². The van der Waals surface area contributed by atoms with E-state index in [9.17, 15) is 14.4 Å². The summed E-state index contributed by atoms with van der Waals surface area (Å²) in [4.78, 5) is 44.6. The molecule has 2 N–H and O–H groups in total. The van der Waals surface area contributed by atoms with Gasteiger partial charge in [-0.05, 0) is 25.9 Å². The molecule has 0 amide bonds. The van der Waals surface area contributed by atoms with Gasteiger partial charge < -0.3 is 15.0 Å². The minimum atomic E-state index is -0.705. The molecular weight excluding hydrogens is 346 g/mol. The van der Waals surface area contributed by atoms with Crippen LogP contribution in [0.5, 0.6) is 0 Å². The number of carbonyl (C=O) groups is 1. The third-order valence-electron chi connectivity index (χ3n) is 4.66. The quantitative estimate of drug-likeness (QED) is 0.707. The van der Waals surface area contributed by atoms with E-state index in [1.165, 1.54) is 23.4 Å². The molecule has 0 unspecified atom stereocenters. The van der Waals surface area contributed by atoms with Crippen molar-refractivity contribution in [3.05, 3.63) is 20.8 Å². The molecule has 3 rings (SSSR count). The van der Waals surface area contributed by atoms with Crippen LogP contribution < -0.4 is 11.2 Å². The third kappa shape index (κ3) is 3.49. The van der Waals surface area contributed by atoms with Gasteiger partial charge in [0.2, 0.25) is 0 Å². The Morgan fingerprint density at radius 2 is 1.96 bits per heavy atom. The highest BCUT2D eigenvalue weighted by molar-refractivity contribution is 7.99. The van der Waals surface area contributed by atoms with Gasteiger partial charge >= 0.3 is 11.7 Å². The Morgan fingerprint density at radius 3 is 2.60 bits per heavy atom. The Labute approximate surface area is 147 Å². The first kappa shape index (κ1) is 17.7. The van der Waals surface area contributed by atoms with E-state index >= 15 is 0 Å². The predicted molar refractivity (Wildman–Crippen MR) is 94.1 cm³/mol. The summed E-state index contributed by atoms with van der Waals surface area (Å²) in [7, 11) is 3.03. The Bertz CT molecular complexity index is 907. The second kappa shape index (κ2) is 7.04. The van der Waals surface area contributed by atoms with Gasteiger partial charge in [0.25, 0.3) is 5.56 Å². The molecule has 0 aliphatic carbocycles. The summed E-state index contributed by atoms with van der Waals surface area (Å²) < 4.78 is 2.41. The van der Waals surface area contributed by atoms with E-state index in [1.807, 2.05) is 0 Å². The molecule has 2 aromatic heterocycles. The number of H-pyrrole nitrogens is 1. The molecule has 0 saturated carbocycles. The van der Waals surface area contributed by atoms with Crippen molar-refractivity contribution in [3.8, 4) is 0 Å². The van der Waals surface area contributed by atoms with E-state index in [0.29, 0.717) is 29.2 Å². The van der Waals surface area contributed by atoms with E-state index in [1.54, 1.807) is 7.05 Å². The first-order chi connectivity index (χ1) is 11.9. The molecule has 1 fully saturated rings. The van der Waals surface area contributed by atoms with Crippen LogP contribution in [-0.4, -0.2) is 60.5 Å². The van der Waals surface area contributed by atoms with Crippen LogP contribution in [-0.2, 0) is 18.9 Å². The lowest BCUT2D eigenvalue weighted by Crippen LogP contribution is -2.37. The Balaban J connectivity index is 1.62. The molecule has 136 valence electrons. The largest absolute Gasteiger partial charge is 0.481 e. The predicted octanol–water partition coefficient (Wildman–Crippen LogP) is -0.151. The number of fused-ring (bicyclic) bond motifs is 1. The SMILES string of the molecule is Cn1c(=O)c2[nH]c(SCCN3CCC(C(=O)O)CC3)nc2n(C)c1=O. The molecule has 0 radical (unpaired) electrons. The first-order valence-corrected chi connectivity index (χ1v) is 9.10. The number of rotatable bonds is 5. The van der Waals surface area contributed by atoms with Crippen LogP contribution in [0.1, 0.15) is 12.8 Å². The molecule has 9 nitrogen and oxygen atoms in total. The lowest BCUT2D eigenvalue weighted by atomic mass is 9.97. The van der Waals surface area contributed by atoms with Gasteiger partial charge in [0, 0.05) is 26.4 Å². The number of hydrogen-bond donors (Lipinski definition) is 2. The normalized spacial score (nSPS) is 16.6. The number of imidazole rings is 1. The van der Waals surface area contributed by atoms with E-state index in [4.69, 9.17) is 5.11 Å². The van der Waals surface area contributed by atoms with Gasteiger partial charge in [0.05, 0.1) is 5.92 Å². The molecule has 3 heterocycles. The Morgan fingerprint density at radius 1 is 1.28 bits per heavy atom. The van der Waals surface area contributed by atoms with Crippen molar-refractivity contribution in [1.82, 2.24) is 24.0 Å². The summed E-state index contributed by atoms with van der Waals surface area (Å²) in [5.41, 5.74) is -0.0951. The maximum absolute atomic E-state index is 12.1. The van der Waals surface area contributed by atoms with Crippen molar-refractivity contribution in [2.45, 2.75) is 18.0 Å². The molecule has 10 heteroatoms. The van der Waals surface area contributed by atoms with E-state index < -0.39 is 11.7 Å². The van der Waals surface area contributed by atoms with Crippen molar-refractivity contribution in [2.75, 3.05) is 25.4 Å². The van der Waals surface area contributed by atoms with Crippen LogP contribution in [0.4, 0.5) is 0 Å². The lowest BCUT2D eigenvalue weighted by molar-refractivity contribution is -0.143. The zero-order valence-electron chi connectivity index (χ0n) is 14.2. The van der Waals surface area contributed by atoms with Gasteiger partial charge in [-0.2, -0.15) is 0 Å². The van der Waals surface area contributed by atoms with Gasteiger partial charge in [-0.15, -0.1) is 0 Å². The summed E-state index contributed by atoms with van der Waals surface area (Å²) in [6.07, 6.45) is 1.37. The van der Waals surface area contributed by atoms with E-state index in [2.05, 4.69) is 14.9 Å². The van der Waals surface area contributed by atoms with Crippen molar-refractivity contribution in [3.63, 3.8) is 0 Å². The number of carboxylic acid groups (broad SMARTS) is 1. The molecule has 0 aromatic carbocycles. The smallest absolute Gasteiger partial charge is 0.332 e. The molecule has 1 aliphatic rings. The topological polar surface area (TPSA) is 113 Å². The molecule has 1 saturated heterocycles. The lowest BCUT2D eigenvalue weighted by Gasteiger charge is -2.29. The first-order valence-electron chi connectivity index (χ1n) is 8.12. The van der Waals surface area contributed by atoms with Crippen LogP contribution in [0.15, 0.2) is 14.7 Å². The van der Waals surface area contributed by atoms with Crippen LogP contribution in [0.2, 0.25) is 0 Å². The minimum absolute atomic E-state index is 0.225. The fraction of sp³-hybridized carbons (Fsp3) is 0.600. The number of piperidine rings is 1. The molecular formula is C15H21N5O4S. The zero-order chi connectivity index (χ0) is 18.1. The van der Waals surface area contributed by atoms with Crippen LogP contribution in [0.25, 0.3) is 11.2 Å². The maximum Gasteiger partial charge on any atom is 0.332 e. The highest BCUT2D eigenvalue weighted by Crippen LogP contribution is 2.20. The number of aliphatic carboxylic acids is 1. The van der Waals surface area contributed by atoms with Gasteiger partial charge in [-0.1, -0.05) is 11.8 Å². The minimum Gasteiger partial charge on any atom is -0.481 e. The van der Waals surface area contributed by atoms with Crippen LogP contribution in [0, 0.1) is 5.92 Å². The summed E-state index contributed by atoms with van der Waals surface area (Å²) >= 11 is 1.49. The molecule has 25 heavy (non-hydrogen) atoms. The molecule has 0 bridgehead atoms. The van der Waals surface area contributed by atoms with Gasteiger partial charge in [0.15, 0.2) is 16.3 Å². The number of likely N-dealkylation sites (tertiary alicyclic amines) is 1. The Hall–Kier alpha value is -2.07. The number of hydrogen-bond acceptors (Lipinski definition) is 6. The number of nitrogens with zero attached hydrogens (tertiary/aromatic N) is 4. The summed E-state index contributed by atoms with van der Waals surface area (Å²) in [5.74, 6) is -0.161. The average molecular weight is 367 g/mol. The summed E-state index contributed by atoms with van der Waals surface area (Å²) in [6.45, 7) is 2.39. The van der Waals surface area contributed by atoms with Crippen molar-refractivity contribution in [1.29, 1.82) is 0 Å². The highest BCUT2D eigenvalue weighted by atomic mass is 32.2. The second-order valence-corrected chi connectivity index (χ2v) is 7.33. The number of thioether (sulfide) groups is 1. The number of aromatic nitrogens is 4. The fourth-order valence-electron chi connectivity index (χ4n) is 3.05. The highest BCUT2D eigenvalue weighted by Gasteiger charge is 2.24. The number of nitrogens with one attached hydrogen (secondary N) is 1.